The number of thioether (sulfide) groups is 1. The summed E-state index contributed by atoms with van der Waals surface area (Å²) in [7, 11) is 0. The molecule has 2 N–H and O–H groups in total. The van der Waals surface area contributed by atoms with Crippen LogP contribution in [-0.2, 0) is 0 Å². The van der Waals surface area contributed by atoms with Gasteiger partial charge in [-0.1, -0.05) is 24.3 Å². The van der Waals surface area contributed by atoms with Gasteiger partial charge < -0.3 is 0 Å². The predicted octanol–water partition coefficient (Wildman–Crippen LogP) is 7.26. The Bertz CT molecular complexity index is 890. The largest absolute Gasteiger partial charge is 0.407 e. The first-order chi connectivity index (χ1) is 16.4. The molecule has 2 saturated carbocycles. The fourth-order valence-corrected chi connectivity index (χ4v) is 5.66. The van der Waals surface area contributed by atoms with E-state index in [0.29, 0.717) is 25.7 Å². The average molecular weight is 525 g/mol. The molecule has 35 heavy (non-hydrogen) atoms. The summed E-state index contributed by atoms with van der Waals surface area (Å²) in [5, 5.41) is 3.70. The third kappa shape index (κ3) is 7.10. The number of halogens is 8. The minimum absolute atomic E-state index is 0.122. The molecule has 0 amide bonds. The van der Waals surface area contributed by atoms with Crippen LogP contribution in [0.3, 0.4) is 0 Å². The molecule has 192 valence electrons. The highest BCUT2D eigenvalue weighted by Gasteiger charge is 2.48. The van der Waals surface area contributed by atoms with Gasteiger partial charge in [0.15, 0.2) is 0 Å². The first-order valence-corrected chi connectivity index (χ1v) is 12.2. The Labute approximate surface area is 201 Å². The first kappa shape index (κ1) is 26.2. The van der Waals surface area contributed by atoms with E-state index in [1.807, 2.05) is 0 Å². The van der Waals surface area contributed by atoms with Crippen molar-refractivity contribution in [2.75, 3.05) is 0 Å². The fraction of sp³-hybridized carbons (Fsp3) is 0.500. The lowest BCUT2D eigenvalue weighted by Gasteiger charge is -2.33. The van der Waals surface area contributed by atoms with Crippen molar-refractivity contribution in [3.8, 4) is 0 Å². The van der Waals surface area contributed by atoms with Crippen LogP contribution in [0.15, 0.2) is 48.5 Å². The van der Waals surface area contributed by atoms with Gasteiger partial charge in [0.2, 0.25) is 0 Å². The molecule has 2 unspecified atom stereocenters. The van der Waals surface area contributed by atoms with Crippen LogP contribution in [0, 0.1) is 23.5 Å². The number of nitrogens with one attached hydrogen (secondary N) is 2. The molecule has 2 aromatic rings. The monoisotopic (exact) mass is 524 g/mol. The van der Waals surface area contributed by atoms with Crippen molar-refractivity contribution in [1.82, 2.24) is 10.6 Å². The van der Waals surface area contributed by atoms with Crippen LogP contribution >= 0.6 is 11.8 Å². The number of rotatable bonds is 10. The van der Waals surface area contributed by atoms with Crippen molar-refractivity contribution in [2.45, 2.75) is 60.9 Å². The van der Waals surface area contributed by atoms with Crippen molar-refractivity contribution < 1.29 is 35.1 Å². The lowest BCUT2D eigenvalue weighted by atomic mass is 10.1. The highest BCUT2D eigenvalue weighted by molar-refractivity contribution is 8.00. The summed E-state index contributed by atoms with van der Waals surface area (Å²) in [5.74, 6) is -1.58. The molecule has 0 aliphatic heterocycles. The molecule has 0 spiro atoms. The molecule has 2 aliphatic rings. The second kappa shape index (κ2) is 10.3. The second-order valence-electron chi connectivity index (χ2n) is 9.04. The summed E-state index contributed by atoms with van der Waals surface area (Å²) in [6.07, 6.45) is -6.71. The summed E-state index contributed by atoms with van der Waals surface area (Å²) in [6, 6.07) is 3.83. The highest BCUT2D eigenvalue weighted by atomic mass is 32.2. The Morgan fingerprint density at radius 3 is 1.17 bits per heavy atom. The van der Waals surface area contributed by atoms with Gasteiger partial charge in [0.1, 0.15) is 23.7 Å². The van der Waals surface area contributed by atoms with Crippen LogP contribution in [-0.4, -0.2) is 23.1 Å². The van der Waals surface area contributed by atoms with Crippen LogP contribution in [0.4, 0.5) is 35.1 Å². The lowest BCUT2D eigenvalue weighted by molar-refractivity contribution is -0.158. The van der Waals surface area contributed by atoms with Gasteiger partial charge in [-0.2, -0.15) is 26.3 Å². The zero-order valence-electron chi connectivity index (χ0n) is 18.3. The SMILES string of the molecule is Fc1ccc(C(N[C@H](S[C@@H](NC(c2ccc(F)cc2)C(F)(F)F)C2CC2)C2CC2)C(F)(F)F)cc1. The van der Waals surface area contributed by atoms with Crippen molar-refractivity contribution in [1.29, 1.82) is 0 Å². The zero-order valence-corrected chi connectivity index (χ0v) is 19.2. The molecule has 4 rings (SSSR count). The normalized spacial score (nSPS) is 20.3. The Morgan fingerprint density at radius 2 is 0.914 bits per heavy atom. The van der Waals surface area contributed by atoms with E-state index in [2.05, 4.69) is 10.6 Å². The quantitative estimate of drug-likeness (QED) is 0.253. The van der Waals surface area contributed by atoms with E-state index in [1.165, 1.54) is 0 Å². The zero-order chi connectivity index (χ0) is 25.4. The van der Waals surface area contributed by atoms with Gasteiger partial charge in [-0.15, -0.1) is 11.8 Å². The molecule has 0 saturated heterocycles. The van der Waals surface area contributed by atoms with Gasteiger partial charge in [0, 0.05) is 0 Å². The van der Waals surface area contributed by atoms with E-state index in [1.54, 1.807) is 0 Å². The highest BCUT2D eigenvalue weighted by Crippen LogP contribution is 2.48. The van der Waals surface area contributed by atoms with E-state index in [9.17, 15) is 35.1 Å². The summed E-state index contributed by atoms with van der Waals surface area (Å²) >= 11 is 1.05. The second-order valence-corrected chi connectivity index (χ2v) is 10.3. The third-order valence-electron chi connectivity index (χ3n) is 6.12. The van der Waals surface area contributed by atoms with Crippen molar-refractivity contribution in [3.05, 3.63) is 71.3 Å². The van der Waals surface area contributed by atoms with Crippen LogP contribution in [0.2, 0.25) is 0 Å². The van der Waals surface area contributed by atoms with Crippen molar-refractivity contribution in [2.24, 2.45) is 11.8 Å². The summed E-state index contributed by atoms with van der Waals surface area (Å²) in [6.45, 7) is 0. The lowest BCUT2D eigenvalue weighted by Crippen LogP contribution is -2.45. The maximum atomic E-state index is 13.9. The molecule has 2 aliphatic carbocycles. The van der Waals surface area contributed by atoms with Crippen molar-refractivity contribution in [3.63, 3.8) is 0 Å². The Morgan fingerprint density at radius 1 is 0.600 bits per heavy atom. The molecule has 2 nitrogen and oxygen atoms in total. The van der Waals surface area contributed by atoms with Crippen LogP contribution in [0.1, 0.15) is 48.9 Å². The summed E-state index contributed by atoms with van der Waals surface area (Å²) < 4.78 is 110. The smallest absolute Gasteiger partial charge is 0.290 e. The van der Waals surface area contributed by atoms with Gasteiger partial charge in [-0.3, -0.25) is 10.6 Å². The van der Waals surface area contributed by atoms with Gasteiger partial charge in [-0.25, -0.2) is 8.78 Å². The van der Waals surface area contributed by atoms with Crippen LogP contribution in [0.5, 0.6) is 0 Å². The predicted molar refractivity (Wildman–Crippen MR) is 117 cm³/mol. The topological polar surface area (TPSA) is 24.1 Å². The Hall–Kier alpha value is -1.85. The molecule has 2 fully saturated rings. The molecule has 0 bridgehead atoms. The standard InChI is InChI=1S/C24H24F8N2S/c25-17-9-5-13(6-10-17)19(23(27,28)29)33-21(15-1-2-15)35-22(16-3-4-16)34-20(24(30,31)32)14-7-11-18(26)12-8-14/h5-12,15-16,19-22,33-34H,1-4H2/t19?,20?,21-,22-/m1/s1. The van der Waals surface area contributed by atoms with Crippen LogP contribution in [0.25, 0.3) is 0 Å². The van der Waals surface area contributed by atoms with E-state index in [4.69, 9.17) is 0 Å². The molecular formula is C24H24F8N2S. The Balaban J connectivity index is 1.55. The van der Waals surface area contributed by atoms with E-state index < -0.39 is 46.8 Å². The number of alkyl halides is 6. The number of benzene rings is 2. The van der Waals surface area contributed by atoms with Crippen molar-refractivity contribution >= 4 is 11.8 Å². The van der Waals surface area contributed by atoms with Gasteiger partial charge in [0.25, 0.3) is 0 Å². The van der Waals surface area contributed by atoms with Gasteiger partial charge in [0.05, 0.1) is 10.7 Å². The maximum Gasteiger partial charge on any atom is 0.407 e. The van der Waals surface area contributed by atoms with E-state index in [-0.39, 0.29) is 23.0 Å². The molecule has 2 aromatic carbocycles. The molecule has 11 heteroatoms. The minimum Gasteiger partial charge on any atom is -0.290 e. The molecule has 0 aromatic heterocycles. The maximum absolute atomic E-state index is 13.9. The molecule has 0 heterocycles. The van der Waals surface area contributed by atoms with Crippen LogP contribution < -0.4 is 10.6 Å². The number of hydrogen-bond donors (Lipinski definition) is 2. The minimum atomic E-state index is -4.68. The summed E-state index contributed by atoms with van der Waals surface area (Å²) in [5.41, 5.74) is -0.332. The Kier molecular flexibility index (Phi) is 7.68. The first-order valence-electron chi connectivity index (χ1n) is 11.2. The average Bonchev–Trinajstić information content (AvgIpc) is 3.67. The molecule has 0 radical (unpaired) electrons. The molecule has 4 atom stereocenters. The summed E-state index contributed by atoms with van der Waals surface area (Å²) in [4.78, 5) is 0. The van der Waals surface area contributed by atoms with E-state index >= 15 is 0 Å². The van der Waals surface area contributed by atoms with Gasteiger partial charge >= 0.3 is 12.4 Å². The number of hydrogen-bond acceptors (Lipinski definition) is 3. The van der Waals surface area contributed by atoms with E-state index in [0.717, 1.165) is 60.3 Å². The van der Waals surface area contributed by atoms with Gasteiger partial charge in [-0.05, 0) is 72.9 Å². The fourth-order valence-electron chi connectivity index (χ4n) is 3.93. The third-order valence-corrected chi connectivity index (χ3v) is 7.75. The molecular weight excluding hydrogens is 500 g/mol.